The molecule has 0 aliphatic rings. The third-order valence-corrected chi connectivity index (χ3v) is 3.45. The van der Waals surface area contributed by atoms with Gasteiger partial charge in [-0.1, -0.05) is 0 Å². The van der Waals surface area contributed by atoms with Crippen LogP contribution in [0.2, 0.25) is 0 Å². The van der Waals surface area contributed by atoms with Crippen LogP contribution < -0.4 is 20.1 Å². The molecule has 0 fully saturated rings. The van der Waals surface area contributed by atoms with E-state index in [4.69, 9.17) is 9.47 Å². The number of ether oxygens (including phenoxy) is 2. The van der Waals surface area contributed by atoms with E-state index in [0.717, 1.165) is 11.3 Å². The van der Waals surface area contributed by atoms with Crippen LogP contribution in [0.4, 0.5) is 0 Å². The fourth-order valence-corrected chi connectivity index (χ4v) is 1.74. The molecular weight excluding hydrogens is 256 g/mol. The van der Waals surface area contributed by atoms with Crippen LogP contribution >= 0.6 is 0 Å². The smallest absolute Gasteiger partial charge is 0.240 e. The lowest BCUT2D eigenvalue weighted by Crippen LogP contribution is -2.51. The summed E-state index contributed by atoms with van der Waals surface area (Å²) in [7, 11) is 4.97. The first-order valence-corrected chi connectivity index (χ1v) is 6.57. The van der Waals surface area contributed by atoms with Gasteiger partial charge in [0.15, 0.2) is 0 Å². The lowest BCUT2D eigenvalue weighted by atomic mass is 10.0. The van der Waals surface area contributed by atoms with Gasteiger partial charge in [-0.3, -0.25) is 4.79 Å². The third-order valence-electron chi connectivity index (χ3n) is 3.45. The first-order valence-electron chi connectivity index (χ1n) is 6.57. The molecule has 1 unspecified atom stereocenters. The average molecular weight is 280 g/mol. The summed E-state index contributed by atoms with van der Waals surface area (Å²) in [5, 5.41) is 5.96. The van der Waals surface area contributed by atoms with Gasteiger partial charge in [-0.2, -0.15) is 0 Å². The van der Waals surface area contributed by atoms with Gasteiger partial charge >= 0.3 is 0 Å². The molecule has 1 amide bonds. The van der Waals surface area contributed by atoms with Gasteiger partial charge in [0.25, 0.3) is 0 Å². The highest BCUT2D eigenvalue weighted by molar-refractivity contribution is 5.85. The summed E-state index contributed by atoms with van der Waals surface area (Å²) in [5.41, 5.74) is 0.294. The molecule has 1 rings (SSSR count). The predicted molar refractivity (Wildman–Crippen MR) is 79.2 cm³/mol. The molecule has 20 heavy (non-hydrogen) atoms. The van der Waals surface area contributed by atoms with Crippen molar-refractivity contribution in [3.63, 3.8) is 0 Å². The van der Waals surface area contributed by atoms with Crippen LogP contribution in [0.1, 0.15) is 32.4 Å². The molecule has 1 aromatic carbocycles. The molecule has 0 aromatic heterocycles. The van der Waals surface area contributed by atoms with Crippen molar-refractivity contribution >= 4 is 5.91 Å². The number of carbonyl (C=O) groups excluding carboxylic acids is 1. The van der Waals surface area contributed by atoms with E-state index in [1.165, 1.54) is 0 Å². The maximum absolute atomic E-state index is 12.2. The summed E-state index contributed by atoms with van der Waals surface area (Å²) in [5.74, 6) is 1.35. The van der Waals surface area contributed by atoms with Crippen LogP contribution in [0.25, 0.3) is 0 Å². The van der Waals surface area contributed by atoms with Crippen LogP contribution in [0.3, 0.4) is 0 Å². The van der Waals surface area contributed by atoms with Gasteiger partial charge in [0.2, 0.25) is 5.91 Å². The number of hydrogen-bond acceptors (Lipinski definition) is 4. The number of nitrogens with one attached hydrogen (secondary N) is 2. The Kier molecular flexibility index (Phi) is 5.39. The van der Waals surface area contributed by atoms with E-state index in [2.05, 4.69) is 10.6 Å². The maximum atomic E-state index is 12.2. The normalized spacial score (nSPS) is 12.7. The third kappa shape index (κ3) is 3.63. The van der Waals surface area contributed by atoms with Gasteiger partial charge in [-0.15, -0.1) is 0 Å². The van der Waals surface area contributed by atoms with E-state index >= 15 is 0 Å². The summed E-state index contributed by atoms with van der Waals surface area (Å²) >= 11 is 0. The molecule has 0 radical (unpaired) electrons. The molecule has 5 heteroatoms. The number of hydrogen-bond donors (Lipinski definition) is 2. The SMILES string of the molecule is CNC(C)(C)C(=O)NC(C)c1ccc(OC)cc1OC. The Balaban J connectivity index is 2.92. The van der Waals surface area contributed by atoms with Crippen molar-refractivity contribution in [1.29, 1.82) is 0 Å². The zero-order valence-electron chi connectivity index (χ0n) is 13.0. The molecule has 5 nitrogen and oxygen atoms in total. The Morgan fingerprint density at radius 3 is 2.40 bits per heavy atom. The van der Waals surface area contributed by atoms with E-state index in [1.807, 2.05) is 32.9 Å². The summed E-state index contributed by atoms with van der Waals surface area (Å²) in [6, 6.07) is 5.40. The Morgan fingerprint density at radius 2 is 1.90 bits per heavy atom. The number of benzene rings is 1. The second-order valence-electron chi connectivity index (χ2n) is 5.18. The van der Waals surface area contributed by atoms with Crippen LogP contribution in [0.15, 0.2) is 18.2 Å². The Morgan fingerprint density at radius 1 is 1.25 bits per heavy atom. The zero-order chi connectivity index (χ0) is 15.3. The van der Waals surface area contributed by atoms with Crippen molar-refractivity contribution in [3.05, 3.63) is 23.8 Å². The van der Waals surface area contributed by atoms with Crippen LogP contribution in [0, 0.1) is 0 Å². The molecule has 0 spiro atoms. The second-order valence-corrected chi connectivity index (χ2v) is 5.18. The fourth-order valence-electron chi connectivity index (χ4n) is 1.74. The number of methoxy groups -OCH3 is 2. The monoisotopic (exact) mass is 280 g/mol. The van der Waals surface area contributed by atoms with Gasteiger partial charge in [0, 0.05) is 11.6 Å². The maximum Gasteiger partial charge on any atom is 0.240 e. The van der Waals surface area contributed by atoms with E-state index in [1.54, 1.807) is 27.3 Å². The number of carbonyl (C=O) groups is 1. The predicted octanol–water partition coefficient (Wildman–Crippen LogP) is 1.88. The summed E-state index contributed by atoms with van der Waals surface area (Å²) in [6.07, 6.45) is 0. The number of amides is 1. The minimum Gasteiger partial charge on any atom is -0.497 e. The van der Waals surface area contributed by atoms with Crippen LogP contribution in [-0.2, 0) is 4.79 Å². The van der Waals surface area contributed by atoms with Gasteiger partial charge in [0.05, 0.1) is 25.8 Å². The first-order chi connectivity index (χ1) is 9.35. The van der Waals surface area contributed by atoms with Gasteiger partial charge < -0.3 is 20.1 Å². The Labute approximate surface area is 120 Å². The molecule has 0 saturated heterocycles. The van der Waals surface area contributed by atoms with E-state index in [0.29, 0.717) is 5.75 Å². The zero-order valence-corrected chi connectivity index (χ0v) is 13.0. The van der Waals surface area contributed by atoms with E-state index < -0.39 is 5.54 Å². The summed E-state index contributed by atoms with van der Waals surface area (Å²) in [6.45, 7) is 5.59. The summed E-state index contributed by atoms with van der Waals surface area (Å²) < 4.78 is 10.5. The molecule has 0 saturated carbocycles. The molecule has 1 aromatic rings. The lowest BCUT2D eigenvalue weighted by Gasteiger charge is -2.26. The van der Waals surface area contributed by atoms with Gasteiger partial charge in [0.1, 0.15) is 11.5 Å². The van der Waals surface area contributed by atoms with Crippen molar-refractivity contribution in [2.75, 3.05) is 21.3 Å². The number of likely N-dealkylation sites (N-methyl/N-ethyl adjacent to an activating group) is 1. The quantitative estimate of drug-likeness (QED) is 0.835. The second kappa shape index (κ2) is 6.61. The molecule has 1 atom stereocenters. The van der Waals surface area contributed by atoms with Gasteiger partial charge in [-0.05, 0) is 40.0 Å². The molecule has 0 heterocycles. The van der Waals surface area contributed by atoms with Crippen LogP contribution in [-0.4, -0.2) is 32.7 Å². The van der Waals surface area contributed by atoms with Crippen molar-refractivity contribution in [2.45, 2.75) is 32.4 Å². The van der Waals surface area contributed by atoms with Gasteiger partial charge in [-0.25, -0.2) is 0 Å². The van der Waals surface area contributed by atoms with Crippen LogP contribution in [0.5, 0.6) is 11.5 Å². The highest BCUT2D eigenvalue weighted by Crippen LogP contribution is 2.29. The average Bonchev–Trinajstić information content (AvgIpc) is 2.46. The molecule has 0 aliphatic carbocycles. The molecule has 0 bridgehead atoms. The van der Waals surface area contributed by atoms with Crippen molar-refractivity contribution in [2.24, 2.45) is 0 Å². The highest BCUT2D eigenvalue weighted by Gasteiger charge is 2.27. The van der Waals surface area contributed by atoms with E-state index in [9.17, 15) is 4.79 Å². The minimum absolute atomic E-state index is 0.0645. The number of rotatable bonds is 6. The molecular formula is C15H24N2O3. The van der Waals surface area contributed by atoms with E-state index in [-0.39, 0.29) is 11.9 Å². The minimum atomic E-state index is -0.617. The summed E-state index contributed by atoms with van der Waals surface area (Å²) in [4.78, 5) is 12.2. The topological polar surface area (TPSA) is 59.6 Å². The first kappa shape index (κ1) is 16.3. The standard InChI is InChI=1S/C15H24N2O3/c1-10(17-14(18)15(2,3)16-4)12-8-7-11(19-5)9-13(12)20-6/h7-10,16H,1-6H3,(H,17,18). The molecule has 0 aliphatic heterocycles. The fraction of sp³-hybridized carbons (Fsp3) is 0.533. The largest absolute Gasteiger partial charge is 0.497 e. The van der Waals surface area contributed by atoms with Crippen molar-refractivity contribution in [1.82, 2.24) is 10.6 Å². The Hall–Kier alpha value is -1.75. The lowest BCUT2D eigenvalue weighted by molar-refractivity contribution is -0.126. The van der Waals surface area contributed by atoms with Crippen molar-refractivity contribution < 1.29 is 14.3 Å². The molecule has 2 N–H and O–H groups in total. The Bertz CT molecular complexity index is 472. The van der Waals surface area contributed by atoms with Crippen molar-refractivity contribution in [3.8, 4) is 11.5 Å². The highest BCUT2D eigenvalue weighted by atomic mass is 16.5. The molecule has 112 valence electrons.